The number of carbonyl (C=O) groups excluding carboxylic acids is 1. The van der Waals surface area contributed by atoms with Gasteiger partial charge in [0.1, 0.15) is 12.4 Å². The third-order valence-corrected chi connectivity index (χ3v) is 6.02. The van der Waals surface area contributed by atoms with Crippen LogP contribution in [0, 0.1) is 11.8 Å². The molecule has 8 nitrogen and oxygen atoms in total. The van der Waals surface area contributed by atoms with Crippen molar-refractivity contribution in [3.05, 3.63) is 12.3 Å². The lowest BCUT2D eigenvalue weighted by molar-refractivity contribution is -0.149. The second-order valence-electron chi connectivity index (χ2n) is 8.32. The molecular formula is C20H32N6O2. The number of piperidine rings is 1. The number of hydrogen-bond acceptors (Lipinski definition) is 7. The molecule has 1 aromatic rings. The van der Waals surface area contributed by atoms with Crippen LogP contribution < -0.4 is 10.6 Å². The van der Waals surface area contributed by atoms with E-state index >= 15 is 0 Å². The Balaban J connectivity index is 1.22. The zero-order valence-corrected chi connectivity index (χ0v) is 16.8. The summed E-state index contributed by atoms with van der Waals surface area (Å²) in [6.45, 7) is 5.92. The van der Waals surface area contributed by atoms with Crippen LogP contribution in [0.25, 0.3) is 0 Å². The number of nitrogens with one attached hydrogen (secondary N) is 2. The average molecular weight is 389 g/mol. The summed E-state index contributed by atoms with van der Waals surface area (Å²) < 4.78 is 5.72. The van der Waals surface area contributed by atoms with Crippen molar-refractivity contribution in [3.8, 4) is 0 Å². The Morgan fingerprint density at radius 1 is 1.18 bits per heavy atom. The van der Waals surface area contributed by atoms with E-state index in [0.29, 0.717) is 25.0 Å². The van der Waals surface area contributed by atoms with Crippen molar-refractivity contribution in [1.82, 2.24) is 19.8 Å². The Labute approximate surface area is 167 Å². The van der Waals surface area contributed by atoms with Crippen molar-refractivity contribution in [3.63, 3.8) is 0 Å². The van der Waals surface area contributed by atoms with Crippen LogP contribution in [0.15, 0.2) is 12.3 Å². The van der Waals surface area contributed by atoms with Crippen molar-refractivity contribution in [2.75, 3.05) is 63.6 Å². The maximum absolute atomic E-state index is 12.3. The molecule has 3 heterocycles. The lowest BCUT2D eigenvalue weighted by Crippen LogP contribution is -2.51. The number of likely N-dealkylation sites (tertiary alicyclic amines) is 1. The quantitative estimate of drug-likeness (QED) is 0.694. The van der Waals surface area contributed by atoms with Crippen LogP contribution in [0.4, 0.5) is 11.8 Å². The fourth-order valence-corrected chi connectivity index (χ4v) is 4.10. The number of amides is 1. The second kappa shape index (κ2) is 9.05. The number of aromatic nitrogens is 2. The highest BCUT2D eigenvalue weighted by Gasteiger charge is 2.31. The minimum absolute atomic E-state index is 0.0329. The fraction of sp³-hybridized carbons (Fsp3) is 0.750. The molecule has 0 spiro atoms. The van der Waals surface area contributed by atoms with Crippen LogP contribution in [-0.2, 0) is 9.53 Å². The molecule has 28 heavy (non-hydrogen) atoms. The van der Waals surface area contributed by atoms with Crippen LogP contribution in [0.5, 0.6) is 0 Å². The Bertz CT molecular complexity index is 660. The summed E-state index contributed by atoms with van der Waals surface area (Å²) in [5.74, 6) is 3.03. The summed E-state index contributed by atoms with van der Waals surface area (Å²) in [7, 11) is 1.83. The van der Waals surface area contributed by atoms with Crippen LogP contribution >= 0.6 is 0 Å². The molecule has 8 heteroatoms. The summed E-state index contributed by atoms with van der Waals surface area (Å²) in [5, 5.41) is 6.23. The summed E-state index contributed by atoms with van der Waals surface area (Å²) >= 11 is 0. The van der Waals surface area contributed by atoms with Gasteiger partial charge < -0.3 is 25.2 Å². The highest BCUT2D eigenvalue weighted by Crippen LogP contribution is 2.31. The van der Waals surface area contributed by atoms with E-state index in [9.17, 15) is 4.79 Å². The molecule has 0 radical (unpaired) electrons. The predicted octanol–water partition coefficient (Wildman–Crippen LogP) is 1.28. The molecular weight excluding hydrogens is 356 g/mol. The number of rotatable bonds is 8. The summed E-state index contributed by atoms with van der Waals surface area (Å²) in [6, 6.07) is 1.82. The molecule has 3 aliphatic rings. The smallest absolute Gasteiger partial charge is 0.248 e. The van der Waals surface area contributed by atoms with E-state index < -0.39 is 0 Å². The van der Waals surface area contributed by atoms with Crippen LogP contribution in [0.2, 0.25) is 0 Å². The molecule has 1 unspecified atom stereocenters. The number of morpholine rings is 1. The molecule has 3 fully saturated rings. The van der Waals surface area contributed by atoms with Gasteiger partial charge in [-0.05, 0) is 56.7 Å². The highest BCUT2D eigenvalue weighted by atomic mass is 16.5. The summed E-state index contributed by atoms with van der Waals surface area (Å²) in [5.41, 5.74) is 0. The Hall–Kier alpha value is -1.93. The maximum Gasteiger partial charge on any atom is 0.248 e. The summed E-state index contributed by atoms with van der Waals surface area (Å²) in [4.78, 5) is 25.5. The first-order chi connectivity index (χ1) is 13.7. The third kappa shape index (κ3) is 5.32. The normalized spacial score (nSPS) is 24.4. The third-order valence-electron chi connectivity index (χ3n) is 6.02. The molecule has 2 saturated heterocycles. The summed E-state index contributed by atoms with van der Waals surface area (Å²) in [6.07, 6.45) is 6.92. The van der Waals surface area contributed by atoms with Crippen molar-refractivity contribution in [2.45, 2.75) is 31.8 Å². The van der Waals surface area contributed by atoms with E-state index in [1.165, 1.54) is 45.3 Å². The van der Waals surface area contributed by atoms with Crippen molar-refractivity contribution in [2.24, 2.45) is 11.8 Å². The first-order valence-electron chi connectivity index (χ1n) is 10.6. The van der Waals surface area contributed by atoms with Gasteiger partial charge in [0.05, 0.1) is 6.10 Å². The van der Waals surface area contributed by atoms with Gasteiger partial charge in [-0.1, -0.05) is 0 Å². The lowest BCUT2D eigenvalue weighted by atomic mass is 9.95. The van der Waals surface area contributed by atoms with Crippen LogP contribution in [0.1, 0.15) is 25.7 Å². The van der Waals surface area contributed by atoms with E-state index in [-0.39, 0.29) is 18.6 Å². The molecule has 2 aliphatic heterocycles. The Morgan fingerprint density at radius 2 is 1.96 bits per heavy atom. The first kappa shape index (κ1) is 19.4. The first-order valence-corrected chi connectivity index (χ1v) is 10.6. The van der Waals surface area contributed by atoms with E-state index in [0.717, 1.165) is 18.3 Å². The topological polar surface area (TPSA) is 82.6 Å². The number of anilines is 2. The van der Waals surface area contributed by atoms with Crippen molar-refractivity contribution < 1.29 is 9.53 Å². The van der Waals surface area contributed by atoms with Crippen molar-refractivity contribution >= 4 is 17.7 Å². The molecule has 2 N–H and O–H groups in total. The second-order valence-corrected chi connectivity index (χ2v) is 8.32. The van der Waals surface area contributed by atoms with Crippen molar-refractivity contribution in [1.29, 1.82) is 0 Å². The van der Waals surface area contributed by atoms with Gasteiger partial charge in [0.25, 0.3) is 0 Å². The molecule has 1 saturated carbocycles. The van der Waals surface area contributed by atoms with Gasteiger partial charge in [0.2, 0.25) is 11.9 Å². The molecule has 154 valence electrons. The van der Waals surface area contributed by atoms with E-state index in [1.54, 1.807) is 6.20 Å². The SMILES string of the molecule is CNc1ccnc(NCC2CN(CC3CCN(CC4CC4)CC3)C(=O)CO2)n1. The Morgan fingerprint density at radius 3 is 2.71 bits per heavy atom. The van der Waals surface area contributed by atoms with Gasteiger partial charge in [-0.3, -0.25) is 4.79 Å². The standard InChI is InChI=1S/C20H32N6O2/c1-21-18-4-7-22-20(24-18)23-10-17-13-26(19(27)14-28-17)12-16-5-8-25(9-6-16)11-15-2-3-15/h4,7,15-17H,2-3,5-6,8-14H2,1H3,(H2,21,22,23,24). The lowest BCUT2D eigenvalue weighted by Gasteiger charge is -2.38. The van der Waals surface area contributed by atoms with Crippen LogP contribution in [-0.4, -0.2) is 84.7 Å². The number of carbonyl (C=O) groups is 1. The van der Waals surface area contributed by atoms with E-state index in [2.05, 4.69) is 25.5 Å². The maximum atomic E-state index is 12.3. The Kier molecular flexibility index (Phi) is 6.26. The van der Waals surface area contributed by atoms with Gasteiger partial charge in [0, 0.05) is 39.4 Å². The highest BCUT2D eigenvalue weighted by molar-refractivity contribution is 5.78. The number of nitrogens with zero attached hydrogens (tertiary/aromatic N) is 4. The minimum Gasteiger partial charge on any atom is -0.373 e. The monoisotopic (exact) mass is 388 g/mol. The molecule has 0 aromatic carbocycles. The molecule has 0 bridgehead atoms. The fourth-order valence-electron chi connectivity index (χ4n) is 4.10. The number of ether oxygens (including phenoxy) is 1. The predicted molar refractivity (Wildman–Crippen MR) is 108 cm³/mol. The minimum atomic E-state index is -0.0329. The van der Waals surface area contributed by atoms with Gasteiger partial charge in [0.15, 0.2) is 0 Å². The van der Waals surface area contributed by atoms with Crippen LogP contribution in [0.3, 0.4) is 0 Å². The largest absolute Gasteiger partial charge is 0.373 e. The number of hydrogen-bond donors (Lipinski definition) is 2. The van der Waals surface area contributed by atoms with E-state index in [1.807, 2.05) is 18.0 Å². The van der Waals surface area contributed by atoms with Gasteiger partial charge in [-0.15, -0.1) is 0 Å². The zero-order valence-electron chi connectivity index (χ0n) is 16.8. The average Bonchev–Trinajstić information content (AvgIpc) is 3.54. The van der Waals surface area contributed by atoms with Gasteiger partial charge >= 0.3 is 0 Å². The molecule has 1 aromatic heterocycles. The van der Waals surface area contributed by atoms with Gasteiger partial charge in [-0.25, -0.2) is 4.98 Å². The van der Waals surface area contributed by atoms with Gasteiger partial charge in [-0.2, -0.15) is 4.98 Å². The molecule has 1 aliphatic carbocycles. The molecule has 1 amide bonds. The van der Waals surface area contributed by atoms with E-state index in [4.69, 9.17) is 4.74 Å². The molecule has 1 atom stereocenters. The zero-order chi connectivity index (χ0) is 19.3. The molecule has 4 rings (SSSR count).